The molecular weight excluding hydrogens is 406 g/mol. The van der Waals surface area contributed by atoms with Crippen LogP contribution in [0.15, 0.2) is 45.6 Å². The molecule has 3 N–H and O–H groups in total. The molecule has 0 radical (unpaired) electrons. The molecule has 132 valence electrons. The smallest absolute Gasteiger partial charge is 0.238 e. The Bertz CT molecular complexity index is 1070. The van der Waals surface area contributed by atoms with Crippen LogP contribution in [-0.4, -0.2) is 5.91 Å². The maximum absolute atomic E-state index is 13.4. The second-order valence-corrected chi connectivity index (χ2v) is 7.88. The van der Waals surface area contributed by atoms with Gasteiger partial charge in [-0.05, 0) is 48.6 Å². The Morgan fingerprint density at radius 2 is 2.00 bits per heavy atom. The first-order valence-corrected chi connectivity index (χ1v) is 9.32. The molecule has 1 amide bonds. The lowest BCUT2D eigenvalue weighted by atomic mass is 9.47. The van der Waals surface area contributed by atoms with Gasteiger partial charge in [0.05, 0.1) is 23.4 Å². The topological polar surface area (TPSA) is 126 Å². The van der Waals surface area contributed by atoms with E-state index < -0.39 is 22.7 Å². The normalized spacial score (nSPS) is 27.6. The van der Waals surface area contributed by atoms with Crippen molar-refractivity contribution in [3.8, 4) is 18.2 Å². The highest BCUT2D eigenvalue weighted by molar-refractivity contribution is 9.10. The quantitative estimate of drug-likeness (QED) is 0.667. The highest BCUT2D eigenvalue weighted by Crippen LogP contribution is 2.63. The van der Waals surface area contributed by atoms with Crippen molar-refractivity contribution in [3.05, 3.63) is 51.2 Å². The molecule has 7 heteroatoms. The summed E-state index contributed by atoms with van der Waals surface area (Å²) in [5.74, 6) is -0.889. The zero-order chi connectivity index (χ0) is 19.4. The van der Waals surface area contributed by atoms with Crippen molar-refractivity contribution in [1.82, 2.24) is 0 Å². The van der Waals surface area contributed by atoms with Crippen LogP contribution >= 0.6 is 15.9 Å². The Kier molecular flexibility index (Phi) is 3.67. The first-order chi connectivity index (χ1) is 13.0. The molecule has 27 heavy (non-hydrogen) atoms. The van der Waals surface area contributed by atoms with Gasteiger partial charge in [-0.2, -0.15) is 15.8 Å². The predicted octanol–water partition coefficient (Wildman–Crippen LogP) is 3.15. The van der Waals surface area contributed by atoms with E-state index in [1.54, 1.807) is 18.2 Å². The second-order valence-electron chi connectivity index (χ2n) is 6.97. The van der Waals surface area contributed by atoms with Crippen LogP contribution in [0.4, 0.5) is 5.69 Å². The lowest BCUT2D eigenvalue weighted by Gasteiger charge is -2.49. The minimum Gasteiger partial charge on any atom is -0.399 e. The van der Waals surface area contributed by atoms with Gasteiger partial charge in [-0.3, -0.25) is 4.79 Å². The van der Waals surface area contributed by atoms with Gasteiger partial charge in [0.15, 0.2) is 0 Å². The first kappa shape index (κ1) is 17.3. The van der Waals surface area contributed by atoms with Crippen molar-refractivity contribution in [2.75, 3.05) is 5.32 Å². The average molecular weight is 420 g/mol. The Labute approximate surface area is 164 Å². The minimum atomic E-state index is -1.96. The van der Waals surface area contributed by atoms with Gasteiger partial charge in [-0.1, -0.05) is 22.0 Å². The number of nitrogens with two attached hydrogens (primary N) is 1. The molecule has 0 saturated carbocycles. The van der Waals surface area contributed by atoms with Crippen LogP contribution in [0, 0.1) is 45.3 Å². The fourth-order valence-corrected chi connectivity index (χ4v) is 5.24. The summed E-state index contributed by atoms with van der Waals surface area (Å²) in [6, 6.07) is 11.5. The molecule has 4 rings (SSSR count). The van der Waals surface area contributed by atoms with Crippen LogP contribution in [0.1, 0.15) is 24.8 Å². The Balaban J connectivity index is 2.21. The van der Waals surface area contributed by atoms with Crippen molar-refractivity contribution in [2.45, 2.75) is 24.7 Å². The number of nitrogens with zero attached hydrogens (tertiary/aromatic N) is 3. The lowest BCUT2D eigenvalue weighted by Crippen LogP contribution is -2.60. The maximum Gasteiger partial charge on any atom is 0.238 e. The summed E-state index contributed by atoms with van der Waals surface area (Å²) in [5.41, 5.74) is 4.66. The van der Waals surface area contributed by atoms with Crippen molar-refractivity contribution in [2.24, 2.45) is 17.1 Å². The van der Waals surface area contributed by atoms with Gasteiger partial charge in [-0.15, -0.1) is 0 Å². The summed E-state index contributed by atoms with van der Waals surface area (Å²) in [6.45, 7) is 0. The number of hydrogen-bond donors (Lipinski definition) is 2. The Hall–Kier alpha value is -3.08. The van der Waals surface area contributed by atoms with E-state index in [-0.39, 0.29) is 11.3 Å². The zero-order valence-corrected chi connectivity index (χ0v) is 15.8. The second kappa shape index (κ2) is 5.71. The zero-order valence-electron chi connectivity index (χ0n) is 14.2. The Morgan fingerprint density at radius 3 is 2.67 bits per heavy atom. The van der Waals surface area contributed by atoms with Crippen molar-refractivity contribution < 1.29 is 4.79 Å². The average Bonchev–Trinajstić information content (AvgIpc) is 2.96. The number of nitriles is 3. The maximum atomic E-state index is 13.4. The molecule has 2 atom stereocenters. The SMILES string of the molecule is N#CC1=C(N)C(C#N)(C#N)[C@@]2(C(=O)Nc3ccc(Br)cc32)[C@@H]2CCCC=C12. The number of fused-ring (bicyclic) bond motifs is 4. The van der Waals surface area contributed by atoms with Gasteiger partial charge >= 0.3 is 0 Å². The van der Waals surface area contributed by atoms with Gasteiger partial charge in [0.1, 0.15) is 11.5 Å². The fraction of sp³-hybridized carbons (Fsp3) is 0.300. The van der Waals surface area contributed by atoms with Gasteiger partial charge in [0, 0.05) is 16.1 Å². The number of halogens is 1. The highest BCUT2D eigenvalue weighted by atomic mass is 79.9. The third-order valence-electron chi connectivity index (χ3n) is 5.97. The third kappa shape index (κ3) is 1.84. The number of anilines is 1. The number of benzene rings is 1. The van der Waals surface area contributed by atoms with E-state index in [0.29, 0.717) is 23.2 Å². The molecule has 3 aliphatic rings. The van der Waals surface area contributed by atoms with Crippen LogP contribution in [0.2, 0.25) is 0 Å². The van der Waals surface area contributed by atoms with E-state index in [4.69, 9.17) is 5.73 Å². The number of carbonyl (C=O) groups is 1. The van der Waals surface area contributed by atoms with Crippen LogP contribution < -0.4 is 11.1 Å². The summed E-state index contributed by atoms with van der Waals surface area (Å²) in [7, 11) is 0. The number of hydrogen-bond acceptors (Lipinski definition) is 5. The van der Waals surface area contributed by atoms with Crippen molar-refractivity contribution in [1.29, 1.82) is 15.8 Å². The van der Waals surface area contributed by atoms with Crippen LogP contribution in [0.5, 0.6) is 0 Å². The van der Waals surface area contributed by atoms with Crippen molar-refractivity contribution >= 4 is 27.5 Å². The minimum absolute atomic E-state index is 0.137. The molecule has 0 unspecified atom stereocenters. The van der Waals surface area contributed by atoms with E-state index >= 15 is 0 Å². The molecular formula is C20H14BrN5O. The van der Waals surface area contributed by atoms with Gasteiger partial charge < -0.3 is 11.1 Å². The third-order valence-corrected chi connectivity index (χ3v) is 6.47. The molecule has 1 aliphatic heterocycles. The lowest BCUT2D eigenvalue weighted by molar-refractivity contribution is -0.125. The number of carbonyl (C=O) groups excluding carboxylic acids is 1. The molecule has 0 aromatic heterocycles. The molecule has 0 fully saturated rings. The van der Waals surface area contributed by atoms with Gasteiger partial charge in [0.2, 0.25) is 11.3 Å². The molecule has 1 heterocycles. The predicted molar refractivity (Wildman–Crippen MR) is 100 cm³/mol. The summed E-state index contributed by atoms with van der Waals surface area (Å²) in [4.78, 5) is 13.4. The summed E-state index contributed by atoms with van der Waals surface area (Å²) < 4.78 is 0.733. The monoisotopic (exact) mass is 419 g/mol. The van der Waals surface area contributed by atoms with Crippen LogP contribution in [0.25, 0.3) is 0 Å². The van der Waals surface area contributed by atoms with Crippen molar-refractivity contribution in [3.63, 3.8) is 0 Å². The number of allylic oxidation sites excluding steroid dienone is 4. The molecule has 6 nitrogen and oxygen atoms in total. The summed E-state index contributed by atoms with van der Waals surface area (Å²) in [5, 5.41) is 32.8. The van der Waals surface area contributed by atoms with Gasteiger partial charge in [-0.25, -0.2) is 0 Å². The van der Waals surface area contributed by atoms with E-state index in [9.17, 15) is 20.6 Å². The molecule has 2 aliphatic carbocycles. The first-order valence-electron chi connectivity index (χ1n) is 8.52. The largest absolute Gasteiger partial charge is 0.399 e. The summed E-state index contributed by atoms with van der Waals surface area (Å²) in [6.07, 6.45) is 4.08. The molecule has 1 aromatic carbocycles. The van der Waals surface area contributed by atoms with E-state index in [1.165, 1.54) is 0 Å². The van der Waals surface area contributed by atoms with E-state index in [0.717, 1.165) is 17.3 Å². The fourth-order valence-electron chi connectivity index (χ4n) is 4.88. The van der Waals surface area contributed by atoms with Crippen LogP contribution in [0.3, 0.4) is 0 Å². The number of rotatable bonds is 0. The van der Waals surface area contributed by atoms with E-state index in [1.807, 2.05) is 18.2 Å². The van der Waals surface area contributed by atoms with E-state index in [2.05, 4.69) is 27.3 Å². The van der Waals surface area contributed by atoms with Gasteiger partial charge in [0.25, 0.3) is 0 Å². The number of amides is 1. The highest BCUT2D eigenvalue weighted by Gasteiger charge is 2.70. The van der Waals surface area contributed by atoms with Crippen LogP contribution in [-0.2, 0) is 10.2 Å². The molecule has 1 aromatic rings. The number of nitrogens with one attached hydrogen (secondary N) is 1. The Morgan fingerprint density at radius 1 is 1.26 bits per heavy atom. The summed E-state index contributed by atoms with van der Waals surface area (Å²) >= 11 is 3.43. The standard InChI is InChI=1S/C20H14BrN5O/c21-11-5-6-16-15(7-11)20(18(27)26-16)14-4-2-1-3-12(14)13(8-22)17(25)19(20,9-23)10-24/h3,5-7,14H,1-2,4,25H2,(H,26,27)/t14-,20+/m1/s1. The molecule has 1 spiro atoms. The molecule has 0 bridgehead atoms. The molecule has 0 saturated heterocycles.